The highest BCUT2D eigenvalue weighted by atomic mass is 79.9. The van der Waals surface area contributed by atoms with Crippen LogP contribution in [0.15, 0.2) is 14.7 Å². The molecule has 0 unspecified atom stereocenters. The second kappa shape index (κ2) is 6.66. The molecule has 0 aromatic carbocycles. The number of carbonyl (C=O) groups excluding carboxylic acids is 1. The summed E-state index contributed by atoms with van der Waals surface area (Å²) in [7, 11) is -2.38. The standard InChI is InChI=1S/C10H13BrN2O5S2/c1-3-13(2)8(14)5-12-20(17,18)7-4-6(10(15)16)19-9(7)11/h4,12H,3,5H2,1-2H3,(H,15,16). The molecule has 0 bridgehead atoms. The molecule has 112 valence electrons. The van der Waals surface area contributed by atoms with E-state index >= 15 is 0 Å². The molecule has 0 fully saturated rings. The van der Waals surface area contributed by atoms with Crippen molar-refractivity contribution < 1.29 is 23.1 Å². The number of amides is 1. The summed E-state index contributed by atoms with van der Waals surface area (Å²) < 4.78 is 26.3. The van der Waals surface area contributed by atoms with Crippen molar-refractivity contribution in [2.75, 3.05) is 20.1 Å². The van der Waals surface area contributed by atoms with Gasteiger partial charge in [0.05, 0.1) is 10.3 Å². The molecule has 0 aliphatic rings. The highest BCUT2D eigenvalue weighted by Crippen LogP contribution is 2.31. The molecule has 7 nitrogen and oxygen atoms in total. The first kappa shape index (κ1) is 17.1. The van der Waals surface area contributed by atoms with E-state index in [0.29, 0.717) is 6.54 Å². The Kier molecular flexibility index (Phi) is 5.68. The zero-order valence-electron chi connectivity index (χ0n) is 10.7. The molecule has 1 aromatic rings. The van der Waals surface area contributed by atoms with Crippen LogP contribution in [-0.2, 0) is 14.8 Å². The number of aromatic carboxylic acids is 1. The third kappa shape index (κ3) is 4.01. The van der Waals surface area contributed by atoms with E-state index in [9.17, 15) is 18.0 Å². The zero-order valence-corrected chi connectivity index (χ0v) is 13.9. The van der Waals surface area contributed by atoms with Gasteiger partial charge in [-0.3, -0.25) is 4.79 Å². The molecule has 1 heterocycles. The Morgan fingerprint density at radius 1 is 1.50 bits per heavy atom. The lowest BCUT2D eigenvalue weighted by Crippen LogP contribution is -2.37. The average molecular weight is 385 g/mol. The molecule has 0 atom stereocenters. The smallest absolute Gasteiger partial charge is 0.345 e. The van der Waals surface area contributed by atoms with Crippen LogP contribution in [0, 0.1) is 0 Å². The lowest BCUT2D eigenvalue weighted by molar-refractivity contribution is -0.128. The zero-order chi connectivity index (χ0) is 15.5. The third-order valence-electron chi connectivity index (χ3n) is 2.47. The van der Waals surface area contributed by atoms with E-state index in [1.165, 1.54) is 4.90 Å². The van der Waals surface area contributed by atoms with Gasteiger partial charge in [0.2, 0.25) is 15.9 Å². The predicted molar refractivity (Wildman–Crippen MR) is 77.5 cm³/mol. The van der Waals surface area contributed by atoms with Crippen molar-refractivity contribution in [1.82, 2.24) is 9.62 Å². The van der Waals surface area contributed by atoms with Crippen LogP contribution in [0.4, 0.5) is 0 Å². The Bertz CT molecular complexity index is 626. The molecule has 0 saturated carbocycles. The maximum absolute atomic E-state index is 12.0. The molecular formula is C10H13BrN2O5S2. The summed E-state index contributed by atoms with van der Waals surface area (Å²) in [5, 5.41) is 8.82. The Morgan fingerprint density at radius 2 is 2.10 bits per heavy atom. The Morgan fingerprint density at radius 3 is 2.55 bits per heavy atom. The third-order valence-corrected chi connectivity index (χ3v) is 6.11. The van der Waals surface area contributed by atoms with E-state index in [1.807, 2.05) is 0 Å². The van der Waals surface area contributed by atoms with Gasteiger partial charge < -0.3 is 10.0 Å². The Hall–Kier alpha value is -0.970. The van der Waals surface area contributed by atoms with Crippen molar-refractivity contribution in [2.24, 2.45) is 0 Å². The average Bonchev–Trinajstić information content (AvgIpc) is 2.78. The molecule has 20 heavy (non-hydrogen) atoms. The van der Waals surface area contributed by atoms with Crippen molar-refractivity contribution >= 4 is 49.2 Å². The monoisotopic (exact) mass is 384 g/mol. The molecule has 0 aliphatic carbocycles. The second-order valence-electron chi connectivity index (χ2n) is 3.79. The van der Waals surface area contributed by atoms with Gasteiger partial charge in [-0.2, -0.15) is 0 Å². The molecule has 0 radical (unpaired) electrons. The largest absolute Gasteiger partial charge is 0.477 e. The summed E-state index contributed by atoms with van der Waals surface area (Å²) in [6.07, 6.45) is 0. The fourth-order valence-electron chi connectivity index (χ4n) is 1.19. The first-order valence-corrected chi connectivity index (χ1v) is 8.54. The molecule has 0 aliphatic heterocycles. The number of hydrogen-bond donors (Lipinski definition) is 2. The van der Waals surface area contributed by atoms with E-state index < -0.39 is 16.0 Å². The number of halogens is 1. The lowest BCUT2D eigenvalue weighted by Gasteiger charge is -2.14. The van der Waals surface area contributed by atoms with Crippen LogP contribution < -0.4 is 4.72 Å². The number of nitrogens with one attached hydrogen (secondary N) is 1. The van der Waals surface area contributed by atoms with Crippen molar-refractivity contribution in [3.8, 4) is 0 Å². The van der Waals surface area contributed by atoms with Gasteiger partial charge in [-0.15, -0.1) is 11.3 Å². The fourth-order valence-corrected chi connectivity index (χ4v) is 4.56. The van der Waals surface area contributed by atoms with Crippen LogP contribution in [0.25, 0.3) is 0 Å². The molecule has 0 saturated heterocycles. The highest BCUT2D eigenvalue weighted by Gasteiger charge is 2.24. The fraction of sp³-hybridized carbons (Fsp3) is 0.400. The van der Waals surface area contributed by atoms with Gasteiger partial charge in [0.15, 0.2) is 0 Å². The van der Waals surface area contributed by atoms with Gasteiger partial charge in [-0.05, 0) is 28.9 Å². The van der Waals surface area contributed by atoms with Crippen LogP contribution in [0.3, 0.4) is 0 Å². The van der Waals surface area contributed by atoms with Crippen LogP contribution in [0.5, 0.6) is 0 Å². The number of carbonyl (C=O) groups is 2. The number of nitrogens with zero attached hydrogens (tertiary/aromatic N) is 1. The van der Waals surface area contributed by atoms with E-state index in [1.54, 1.807) is 14.0 Å². The van der Waals surface area contributed by atoms with E-state index in [4.69, 9.17) is 5.11 Å². The summed E-state index contributed by atoms with van der Waals surface area (Å²) in [5.41, 5.74) is 0. The molecule has 1 aromatic heterocycles. The second-order valence-corrected chi connectivity index (χ2v) is 7.89. The summed E-state index contributed by atoms with van der Waals surface area (Å²) in [5.74, 6) is -1.58. The number of sulfonamides is 1. The number of carboxylic acids is 1. The highest BCUT2D eigenvalue weighted by molar-refractivity contribution is 9.11. The van der Waals surface area contributed by atoms with Gasteiger partial charge in [-0.25, -0.2) is 17.9 Å². The normalized spacial score (nSPS) is 11.3. The van der Waals surface area contributed by atoms with Crippen molar-refractivity contribution in [3.05, 3.63) is 14.7 Å². The maximum Gasteiger partial charge on any atom is 0.345 e. The molecular weight excluding hydrogens is 372 g/mol. The lowest BCUT2D eigenvalue weighted by atomic mass is 10.5. The predicted octanol–water partition coefficient (Wildman–Crippen LogP) is 0.965. The molecule has 10 heteroatoms. The SMILES string of the molecule is CCN(C)C(=O)CNS(=O)(=O)c1cc(C(=O)O)sc1Br. The molecule has 0 spiro atoms. The minimum atomic E-state index is -3.94. The first-order valence-electron chi connectivity index (χ1n) is 5.45. The number of thiophene rings is 1. The first-order chi connectivity index (χ1) is 9.19. The topological polar surface area (TPSA) is 104 Å². The van der Waals surface area contributed by atoms with Crippen LogP contribution >= 0.6 is 27.3 Å². The van der Waals surface area contributed by atoms with Gasteiger partial charge >= 0.3 is 5.97 Å². The van der Waals surface area contributed by atoms with Crippen molar-refractivity contribution in [2.45, 2.75) is 11.8 Å². The Labute approximate surface area is 128 Å². The van der Waals surface area contributed by atoms with Gasteiger partial charge in [-0.1, -0.05) is 0 Å². The number of carboxylic acid groups (broad SMARTS) is 1. The van der Waals surface area contributed by atoms with Crippen LogP contribution in [0.2, 0.25) is 0 Å². The van der Waals surface area contributed by atoms with Gasteiger partial charge in [0.1, 0.15) is 9.77 Å². The Balaban J connectivity index is 2.89. The maximum atomic E-state index is 12.0. The van der Waals surface area contributed by atoms with Crippen molar-refractivity contribution in [3.63, 3.8) is 0 Å². The quantitative estimate of drug-likeness (QED) is 0.760. The van der Waals surface area contributed by atoms with Gasteiger partial charge in [0, 0.05) is 13.6 Å². The van der Waals surface area contributed by atoms with Gasteiger partial charge in [0.25, 0.3) is 0 Å². The molecule has 1 amide bonds. The van der Waals surface area contributed by atoms with E-state index in [0.717, 1.165) is 17.4 Å². The van der Waals surface area contributed by atoms with Crippen LogP contribution in [-0.4, -0.2) is 50.4 Å². The summed E-state index contributed by atoms with van der Waals surface area (Å²) >= 11 is 3.81. The van der Waals surface area contributed by atoms with E-state index in [-0.39, 0.29) is 26.0 Å². The summed E-state index contributed by atoms with van der Waals surface area (Å²) in [6.45, 7) is 1.85. The van der Waals surface area contributed by atoms with E-state index in [2.05, 4.69) is 20.7 Å². The number of rotatable bonds is 6. The van der Waals surface area contributed by atoms with Crippen molar-refractivity contribution in [1.29, 1.82) is 0 Å². The number of likely N-dealkylation sites (N-methyl/N-ethyl adjacent to an activating group) is 1. The number of hydrogen-bond acceptors (Lipinski definition) is 5. The summed E-state index contributed by atoms with van der Waals surface area (Å²) in [6, 6.07) is 1.05. The minimum Gasteiger partial charge on any atom is -0.477 e. The summed E-state index contributed by atoms with van der Waals surface area (Å²) in [4.78, 5) is 23.4. The molecule has 1 rings (SSSR count). The molecule has 2 N–H and O–H groups in total. The van der Waals surface area contributed by atoms with Crippen LogP contribution in [0.1, 0.15) is 16.6 Å². The minimum absolute atomic E-state index is 0.103.